The SMILES string of the molecule is c1ccc(-c2ccc(N(c3nc(-c4ccc5c(c4)sc4ccccc45)nc(-c4ccc5sc6ccccc6c5c4)n3)c3cccc4oc5ccccc5c34)cc2)cc1. The van der Waals surface area contributed by atoms with Gasteiger partial charge >= 0.3 is 0 Å². The van der Waals surface area contributed by atoms with Crippen molar-refractivity contribution in [3.63, 3.8) is 0 Å². The summed E-state index contributed by atoms with van der Waals surface area (Å²) in [4.78, 5) is 18.2. The molecule has 4 heterocycles. The van der Waals surface area contributed by atoms with Gasteiger partial charge in [0.2, 0.25) is 5.95 Å². The van der Waals surface area contributed by atoms with Gasteiger partial charge in [-0.3, -0.25) is 4.90 Å². The third-order valence-electron chi connectivity index (χ3n) is 10.9. The molecular weight excluding hydrogens is 749 g/mol. The average molecular weight is 779 g/mol. The molecule has 0 N–H and O–H groups in total. The van der Waals surface area contributed by atoms with Crippen LogP contribution in [0.25, 0.3) is 96.2 Å². The lowest BCUT2D eigenvalue weighted by Crippen LogP contribution is -2.15. The molecule has 4 aromatic heterocycles. The highest BCUT2D eigenvalue weighted by atomic mass is 32.1. The van der Waals surface area contributed by atoms with E-state index >= 15 is 0 Å². The number of fused-ring (bicyclic) bond motifs is 9. The Morgan fingerprint density at radius 3 is 1.74 bits per heavy atom. The van der Waals surface area contributed by atoms with Crippen molar-refractivity contribution >= 4 is 102 Å². The summed E-state index contributed by atoms with van der Waals surface area (Å²) in [6.07, 6.45) is 0. The first kappa shape index (κ1) is 33.0. The lowest BCUT2D eigenvalue weighted by molar-refractivity contribution is 0.669. The molecule has 0 spiro atoms. The fraction of sp³-hybridized carbons (Fsp3) is 0. The Bertz CT molecular complexity index is 3530. The Kier molecular flexibility index (Phi) is 7.51. The summed E-state index contributed by atoms with van der Waals surface area (Å²) in [6.45, 7) is 0. The van der Waals surface area contributed by atoms with Gasteiger partial charge in [-0.15, -0.1) is 22.7 Å². The number of hydrogen-bond acceptors (Lipinski definition) is 7. The van der Waals surface area contributed by atoms with E-state index in [-0.39, 0.29) is 0 Å². The topological polar surface area (TPSA) is 55.1 Å². The van der Waals surface area contributed by atoms with Gasteiger partial charge in [-0.2, -0.15) is 9.97 Å². The Morgan fingerprint density at radius 1 is 0.379 bits per heavy atom. The Balaban J connectivity index is 1.12. The first-order valence-corrected chi connectivity index (χ1v) is 20.8. The summed E-state index contributed by atoms with van der Waals surface area (Å²) in [7, 11) is 0. The second kappa shape index (κ2) is 13.2. The minimum Gasteiger partial charge on any atom is -0.456 e. The second-order valence-corrected chi connectivity index (χ2v) is 16.6. The molecule has 7 heteroatoms. The molecule has 12 rings (SSSR count). The molecule has 0 unspecified atom stereocenters. The lowest BCUT2D eigenvalue weighted by Gasteiger charge is -2.25. The maximum Gasteiger partial charge on any atom is 0.238 e. The molecule has 0 atom stereocenters. The molecule has 5 nitrogen and oxygen atoms in total. The first-order chi connectivity index (χ1) is 28.7. The summed E-state index contributed by atoms with van der Waals surface area (Å²) < 4.78 is 11.4. The van der Waals surface area contributed by atoms with Gasteiger partial charge in [-0.25, -0.2) is 4.98 Å². The van der Waals surface area contributed by atoms with Crippen LogP contribution in [-0.2, 0) is 0 Å². The van der Waals surface area contributed by atoms with Crippen LogP contribution in [0, 0.1) is 0 Å². The van der Waals surface area contributed by atoms with E-state index in [1.54, 1.807) is 22.7 Å². The van der Waals surface area contributed by atoms with E-state index < -0.39 is 0 Å². The quantitative estimate of drug-likeness (QED) is 0.168. The second-order valence-electron chi connectivity index (χ2n) is 14.4. The number of nitrogens with zero attached hydrogens (tertiary/aromatic N) is 4. The van der Waals surface area contributed by atoms with Gasteiger partial charge in [-0.05, 0) is 77.9 Å². The normalized spacial score (nSPS) is 11.8. The largest absolute Gasteiger partial charge is 0.456 e. The van der Waals surface area contributed by atoms with Crippen LogP contribution in [0.15, 0.2) is 186 Å². The summed E-state index contributed by atoms with van der Waals surface area (Å²) in [6, 6.07) is 63.8. The molecule has 8 aromatic carbocycles. The highest BCUT2D eigenvalue weighted by molar-refractivity contribution is 7.26. The minimum atomic E-state index is 0.511. The van der Waals surface area contributed by atoms with E-state index in [2.05, 4.69) is 157 Å². The van der Waals surface area contributed by atoms with Crippen molar-refractivity contribution in [1.29, 1.82) is 0 Å². The number of para-hydroxylation sites is 1. The maximum absolute atomic E-state index is 6.43. The van der Waals surface area contributed by atoms with Gasteiger partial charge in [0.15, 0.2) is 11.6 Å². The zero-order valence-electron chi connectivity index (χ0n) is 30.8. The van der Waals surface area contributed by atoms with Crippen molar-refractivity contribution in [3.8, 4) is 33.9 Å². The molecule has 0 saturated carbocycles. The Morgan fingerprint density at radius 2 is 0.948 bits per heavy atom. The van der Waals surface area contributed by atoms with Crippen molar-refractivity contribution in [3.05, 3.63) is 182 Å². The Labute approximate surface area is 340 Å². The van der Waals surface area contributed by atoms with Crippen LogP contribution in [0.5, 0.6) is 0 Å². The molecular formula is C51H30N4OS2. The van der Waals surface area contributed by atoms with E-state index in [0.29, 0.717) is 17.6 Å². The predicted molar refractivity (Wildman–Crippen MR) is 244 cm³/mol. The summed E-state index contributed by atoms with van der Waals surface area (Å²) in [5.41, 5.74) is 7.59. The van der Waals surface area contributed by atoms with E-state index in [1.165, 1.54) is 40.3 Å². The maximum atomic E-state index is 6.43. The summed E-state index contributed by atoms with van der Waals surface area (Å²) in [5, 5.41) is 6.93. The van der Waals surface area contributed by atoms with Gasteiger partial charge in [-0.1, -0.05) is 115 Å². The molecule has 0 bridgehead atoms. The molecule has 0 aliphatic heterocycles. The fourth-order valence-electron chi connectivity index (χ4n) is 8.19. The molecule has 0 fully saturated rings. The predicted octanol–water partition coefficient (Wildman–Crippen LogP) is 15.0. The highest BCUT2D eigenvalue weighted by Crippen LogP contribution is 2.44. The minimum absolute atomic E-state index is 0.511. The average Bonchev–Trinajstić information content (AvgIpc) is 3.98. The molecule has 0 amide bonds. The number of rotatable bonds is 6. The van der Waals surface area contributed by atoms with E-state index in [4.69, 9.17) is 19.4 Å². The van der Waals surface area contributed by atoms with Crippen molar-refractivity contribution in [2.75, 3.05) is 4.90 Å². The number of hydrogen-bond donors (Lipinski definition) is 0. The Hall–Kier alpha value is -7.19. The van der Waals surface area contributed by atoms with Gasteiger partial charge in [0.25, 0.3) is 0 Å². The number of thiophene rings is 2. The van der Waals surface area contributed by atoms with Crippen LogP contribution < -0.4 is 4.90 Å². The highest BCUT2D eigenvalue weighted by Gasteiger charge is 2.24. The first-order valence-electron chi connectivity index (χ1n) is 19.2. The smallest absolute Gasteiger partial charge is 0.238 e. The standard InChI is InChI=1S/C51H30N4OS2/c1-2-11-31(12-3-1)32-21-25-35(26-22-32)55(41-16-10-18-43-48(41)39-15-4-7-17-42(39)56-43)51-53-49(33-24-28-46-40(29-33)37-14-6-9-20-45(37)57-46)52-50(54-51)34-23-27-38-36-13-5-8-19-44(36)58-47(38)30-34/h1-30H. The van der Waals surface area contributed by atoms with Crippen molar-refractivity contribution in [2.45, 2.75) is 0 Å². The van der Waals surface area contributed by atoms with E-state index in [1.807, 2.05) is 30.3 Å². The van der Waals surface area contributed by atoms with Gasteiger partial charge < -0.3 is 4.42 Å². The zero-order chi connectivity index (χ0) is 38.2. The van der Waals surface area contributed by atoms with Crippen LogP contribution in [0.1, 0.15) is 0 Å². The summed E-state index contributed by atoms with van der Waals surface area (Å²) >= 11 is 3.59. The van der Waals surface area contributed by atoms with Crippen molar-refractivity contribution < 1.29 is 4.42 Å². The van der Waals surface area contributed by atoms with Crippen molar-refractivity contribution in [2.24, 2.45) is 0 Å². The third kappa shape index (κ3) is 5.39. The van der Waals surface area contributed by atoms with Gasteiger partial charge in [0.05, 0.1) is 11.1 Å². The van der Waals surface area contributed by atoms with Crippen LogP contribution in [0.4, 0.5) is 17.3 Å². The zero-order valence-corrected chi connectivity index (χ0v) is 32.5. The molecule has 58 heavy (non-hydrogen) atoms. The van der Waals surface area contributed by atoms with Crippen molar-refractivity contribution in [1.82, 2.24) is 15.0 Å². The van der Waals surface area contributed by atoms with Crippen LogP contribution in [-0.4, -0.2) is 15.0 Å². The third-order valence-corrected chi connectivity index (χ3v) is 13.2. The fourth-order valence-corrected chi connectivity index (χ4v) is 10.4. The van der Waals surface area contributed by atoms with Gasteiger partial charge in [0, 0.05) is 62.5 Å². The molecule has 0 radical (unpaired) electrons. The monoisotopic (exact) mass is 778 g/mol. The molecule has 0 saturated heterocycles. The number of furan rings is 1. The van der Waals surface area contributed by atoms with Crippen LogP contribution in [0.3, 0.4) is 0 Å². The molecule has 0 aliphatic carbocycles. The van der Waals surface area contributed by atoms with Crippen LogP contribution in [0.2, 0.25) is 0 Å². The molecule has 0 aliphatic rings. The number of benzene rings is 8. The van der Waals surface area contributed by atoms with Crippen LogP contribution >= 0.6 is 22.7 Å². The van der Waals surface area contributed by atoms with E-state index in [0.717, 1.165) is 55.6 Å². The molecule has 272 valence electrons. The lowest BCUT2D eigenvalue weighted by atomic mass is 10.0. The number of aromatic nitrogens is 3. The summed E-state index contributed by atoms with van der Waals surface area (Å²) in [5.74, 6) is 1.71. The molecule has 12 aromatic rings. The van der Waals surface area contributed by atoms with Gasteiger partial charge in [0.1, 0.15) is 11.2 Å². The van der Waals surface area contributed by atoms with E-state index in [9.17, 15) is 0 Å². The number of anilines is 3.